The molecule has 0 aromatic heterocycles. The monoisotopic (exact) mass is 466 g/mol. The molecule has 0 heterocycles. The molecule has 0 atom stereocenters. The predicted molar refractivity (Wildman–Crippen MR) is 122 cm³/mol. The van der Waals surface area contributed by atoms with E-state index in [-0.39, 0.29) is 18.4 Å². The lowest BCUT2D eigenvalue weighted by atomic mass is 10.2. The van der Waals surface area contributed by atoms with Crippen molar-refractivity contribution in [1.29, 1.82) is 0 Å². The second-order valence-corrected chi connectivity index (χ2v) is 7.89. The van der Waals surface area contributed by atoms with Crippen molar-refractivity contribution in [2.45, 2.75) is 13.5 Å². The third kappa shape index (κ3) is 5.94. The van der Waals surface area contributed by atoms with Crippen LogP contribution < -0.4 is 10.1 Å². The van der Waals surface area contributed by atoms with Gasteiger partial charge in [-0.15, -0.1) is 0 Å². The Balaban J connectivity index is 1.59. The molecule has 3 aromatic carbocycles. The van der Waals surface area contributed by atoms with Gasteiger partial charge in [0.05, 0.1) is 6.54 Å². The lowest BCUT2D eigenvalue weighted by Gasteiger charge is -2.18. The summed E-state index contributed by atoms with van der Waals surface area (Å²) >= 11 is 3.40. The van der Waals surface area contributed by atoms with Crippen LogP contribution in [0.4, 0.5) is 5.69 Å². The van der Waals surface area contributed by atoms with Gasteiger partial charge in [0.25, 0.3) is 5.91 Å². The van der Waals surface area contributed by atoms with Crippen LogP contribution in [-0.2, 0) is 11.4 Å². The first kappa shape index (κ1) is 21.6. The highest BCUT2D eigenvalue weighted by Gasteiger charge is 2.16. The quantitative estimate of drug-likeness (QED) is 0.529. The zero-order valence-electron chi connectivity index (χ0n) is 16.9. The standard InChI is InChI=1S/C24H23BrN2O3/c1-17-13-20(25)11-12-22(17)26-23(28)15-27(2)24(29)19-9-6-10-21(14-19)30-16-18-7-4-3-5-8-18/h3-14H,15-16H2,1-2H3,(H,26,28). The summed E-state index contributed by atoms with van der Waals surface area (Å²) in [6, 6.07) is 22.4. The minimum Gasteiger partial charge on any atom is -0.489 e. The molecule has 5 nitrogen and oxygen atoms in total. The summed E-state index contributed by atoms with van der Waals surface area (Å²) in [4.78, 5) is 26.5. The van der Waals surface area contributed by atoms with E-state index in [1.807, 2.05) is 61.5 Å². The lowest BCUT2D eigenvalue weighted by molar-refractivity contribution is -0.116. The smallest absolute Gasteiger partial charge is 0.254 e. The van der Waals surface area contributed by atoms with Crippen LogP contribution in [-0.4, -0.2) is 30.3 Å². The first-order chi connectivity index (χ1) is 14.4. The van der Waals surface area contributed by atoms with Crippen LogP contribution in [0.25, 0.3) is 0 Å². The molecule has 3 aromatic rings. The summed E-state index contributed by atoms with van der Waals surface area (Å²) in [6.45, 7) is 2.28. The fraction of sp³-hybridized carbons (Fsp3) is 0.167. The molecule has 0 radical (unpaired) electrons. The van der Waals surface area contributed by atoms with Gasteiger partial charge in [-0.1, -0.05) is 52.3 Å². The van der Waals surface area contributed by atoms with E-state index in [2.05, 4.69) is 21.2 Å². The van der Waals surface area contributed by atoms with Crippen LogP contribution in [0.2, 0.25) is 0 Å². The maximum absolute atomic E-state index is 12.8. The normalized spacial score (nSPS) is 10.4. The Morgan fingerprint density at radius 3 is 2.50 bits per heavy atom. The molecule has 0 aliphatic heterocycles. The van der Waals surface area contributed by atoms with Crippen LogP contribution in [0.5, 0.6) is 5.75 Å². The molecule has 3 rings (SSSR count). The van der Waals surface area contributed by atoms with Gasteiger partial charge in [-0.05, 0) is 54.4 Å². The Labute approximate surface area is 184 Å². The SMILES string of the molecule is Cc1cc(Br)ccc1NC(=O)CN(C)C(=O)c1cccc(OCc2ccccc2)c1. The van der Waals surface area contributed by atoms with Gasteiger partial charge < -0.3 is 15.0 Å². The summed E-state index contributed by atoms with van der Waals surface area (Å²) in [5.74, 6) is 0.101. The number of nitrogens with zero attached hydrogens (tertiary/aromatic N) is 1. The molecule has 0 saturated heterocycles. The molecule has 0 saturated carbocycles. The van der Waals surface area contributed by atoms with Crippen LogP contribution >= 0.6 is 15.9 Å². The number of ether oxygens (including phenoxy) is 1. The molecule has 0 aliphatic carbocycles. The summed E-state index contributed by atoms with van der Waals surface area (Å²) in [5, 5.41) is 2.85. The van der Waals surface area contributed by atoms with Crippen molar-refractivity contribution >= 4 is 33.4 Å². The summed E-state index contributed by atoms with van der Waals surface area (Å²) in [6.07, 6.45) is 0. The minimum absolute atomic E-state index is 0.0521. The van der Waals surface area contributed by atoms with Gasteiger partial charge in [0.15, 0.2) is 0 Å². The Morgan fingerprint density at radius 2 is 1.77 bits per heavy atom. The zero-order chi connectivity index (χ0) is 21.5. The van der Waals surface area contributed by atoms with Gasteiger partial charge in [-0.2, -0.15) is 0 Å². The fourth-order valence-electron chi connectivity index (χ4n) is 2.92. The van der Waals surface area contributed by atoms with Gasteiger partial charge >= 0.3 is 0 Å². The van der Waals surface area contributed by atoms with E-state index < -0.39 is 0 Å². The molecule has 6 heteroatoms. The van der Waals surface area contributed by atoms with Gasteiger partial charge in [-0.3, -0.25) is 9.59 Å². The molecular formula is C24H23BrN2O3. The van der Waals surface area contributed by atoms with Crippen LogP contribution in [0, 0.1) is 6.92 Å². The van der Waals surface area contributed by atoms with E-state index in [0.717, 1.165) is 21.3 Å². The average Bonchev–Trinajstić information content (AvgIpc) is 2.74. The molecule has 0 bridgehead atoms. The molecule has 0 aliphatic rings. The van der Waals surface area contributed by atoms with E-state index in [1.165, 1.54) is 4.90 Å². The maximum atomic E-state index is 12.8. The number of likely N-dealkylation sites (N-methyl/N-ethyl adjacent to an activating group) is 1. The second-order valence-electron chi connectivity index (χ2n) is 6.97. The third-order valence-electron chi connectivity index (χ3n) is 4.52. The van der Waals surface area contributed by atoms with E-state index in [4.69, 9.17) is 4.74 Å². The highest BCUT2D eigenvalue weighted by atomic mass is 79.9. The summed E-state index contributed by atoms with van der Waals surface area (Å²) in [5.41, 5.74) is 3.18. The average molecular weight is 467 g/mol. The van der Waals surface area contributed by atoms with Gasteiger partial charge in [0, 0.05) is 22.8 Å². The van der Waals surface area contributed by atoms with Crippen molar-refractivity contribution in [2.24, 2.45) is 0 Å². The maximum Gasteiger partial charge on any atom is 0.254 e. The largest absolute Gasteiger partial charge is 0.489 e. The Hall–Kier alpha value is -3.12. The number of anilines is 1. The lowest BCUT2D eigenvalue weighted by Crippen LogP contribution is -2.35. The van der Waals surface area contributed by atoms with Crippen LogP contribution in [0.15, 0.2) is 77.3 Å². The number of hydrogen-bond acceptors (Lipinski definition) is 3. The number of amides is 2. The predicted octanol–water partition coefficient (Wildman–Crippen LogP) is 5.05. The van der Waals surface area contributed by atoms with Crippen molar-refractivity contribution in [1.82, 2.24) is 4.90 Å². The molecular weight excluding hydrogens is 444 g/mol. The summed E-state index contributed by atoms with van der Waals surface area (Å²) < 4.78 is 6.74. The molecule has 2 amide bonds. The van der Waals surface area contributed by atoms with E-state index in [1.54, 1.807) is 25.2 Å². The van der Waals surface area contributed by atoms with Crippen LogP contribution in [0.3, 0.4) is 0 Å². The second kappa shape index (κ2) is 10.1. The van der Waals surface area contributed by atoms with Crippen molar-refractivity contribution in [3.63, 3.8) is 0 Å². The van der Waals surface area contributed by atoms with Gasteiger partial charge in [-0.25, -0.2) is 0 Å². The van der Waals surface area contributed by atoms with E-state index >= 15 is 0 Å². The number of hydrogen-bond donors (Lipinski definition) is 1. The Kier molecular flexibility index (Phi) is 7.25. The molecule has 0 spiro atoms. The molecule has 30 heavy (non-hydrogen) atoms. The Bertz CT molecular complexity index is 1040. The first-order valence-electron chi connectivity index (χ1n) is 9.50. The van der Waals surface area contributed by atoms with Gasteiger partial charge in [0.1, 0.15) is 12.4 Å². The number of carbonyl (C=O) groups excluding carboxylic acids is 2. The molecule has 1 N–H and O–H groups in total. The number of rotatable bonds is 7. The van der Waals surface area contributed by atoms with Crippen molar-refractivity contribution < 1.29 is 14.3 Å². The summed E-state index contributed by atoms with van der Waals surface area (Å²) in [7, 11) is 1.61. The van der Waals surface area contributed by atoms with Crippen molar-refractivity contribution in [3.05, 3.63) is 94.0 Å². The first-order valence-corrected chi connectivity index (χ1v) is 10.3. The highest BCUT2D eigenvalue weighted by Crippen LogP contribution is 2.20. The number of halogens is 1. The minimum atomic E-state index is -0.257. The van der Waals surface area contributed by atoms with Crippen molar-refractivity contribution in [2.75, 3.05) is 18.9 Å². The Morgan fingerprint density at radius 1 is 1.00 bits per heavy atom. The number of aryl methyl sites for hydroxylation is 1. The van der Waals surface area contributed by atoms with E-state index in [0.29, 0.717) is 17.9 Å². The fourth-order valence-corrected chi connectivity index (χ4v) is 3.40. The molecule has 154 valence electrons. The van der Waals surface area contributed by atoms with Crippen LogP contribution in [0.1, 0.15) is 21.5 Å². The topological polar surface area (TPSA) is 58.6 Å². The third-order valence-corrected chi connectivity index (χ3v) is 5.01. The number of carbonyl (C=O) groups is 2. The van der Waals surface area contributed by atoms with Crippen molar-refractivity contribution in [3.8, 4) is 5.75 Å². The number of benzene rings is 3. The van der Waals surface area contributed by atoms with Gasteiger partial charge in [0.2, 0.25) is 5.91 Å². The number of nitrogens with one attached hydrogen (secondary N) is 1. The molecule has 0 unspecified atom stereocenters. The van der Waals surface area contributed by atoms with E-state index in [9.17, 15) is 9.59 Å². The molecule has 0 fully saturated rings. The zero-order valence-corrected chi connectivity index (χ0v) is 18.5. The highest BCUT2D eigenvalue weighted by molar-refractivity contribution is 9.10.